The number of hydrogen-bond acceptors (Lipinski definition) is 3. The number of amides is 3. The minimum atomic E-state index is -0.739. The summed E-state index contributed by atoms with van der Waals surface area (Å²) in [5.74, 6) is 0.369. The van der Waals surface area contributed by atoms with Crippen molar-refractivity contribution in [2.24, 2.45) is 5.92 Å². The number of hydrogen-bond donors (Lipinski definition) is 1. The van der Waals surface area contributed by atoms with Crippen LogP contribution in [0.2, 0.25) is 10.0 Å². The minimum absolute atomic E-state index is 0.145. The standard InChI is InChI=1S/C17H20Cl2N2O3/c1-11-5-2-3-8-17(11)15(22)21(16(23)20-17)9-10-24-14-12(18)6-4-7-13(14)19/h4,6-7,11H,2-3,5,8-10H2,1H3,(H,20,23)/t11-,17-/m0/s1. The van der Waals surface area contributed by atoms with E-state index in [0.29, 0.717) is 22.2 Å². The Morgan fingerprint density at radius 2 is 2.00 bits per heavy atom. The molecule has 0 unspecified atom stereocenters. The van der Waals surface area contributed by atoms with Crippen molar-refractivity contribution in [1.29, 1.82) is 0 Å². The predicted molar refractivity (Wildman–Crippen MR) is 92.6 cm³/mol. The molecule has 1 N–H and O–H groups in total. The maximum atomic E-state index is 12.8. The van der Waals surface area contributed by atoms with E-state index in [9.17, 15) is 9.59 Å². The SMILES string of the molecule is C[C@H]1CCCC[C@]12NC(=O)N(CCOc1c(Cl)cccc1Cl)C2=O. The quantitative estimate of drug-likeness (QED) is 0.818. The van der Waals surface area contributed by atoms with Crippen LogP contribution in [0.4, 0.5) is 4.79 Å². The van der Waals surface area contributed by atoms with Crippen molar-refractivity contribution in [1.82, 2.24) is 10.2 Å². The molecule has 0 bridgehead atoms. The molecule has 1 heterocycles. The molecule has 1 aromatic carbocycles. The fourth-order valence-corrected chi connectivity index (χ4v) is 4.06. The van der Waals surface area contributed by atoms with Crippen LogP contribution in [0, 0.1) is 5.92 Å². The van der Waals surface area contributed by atoms with Crippen LogP contribution in [-0.4, -0.2) is 35.5 Å². The van der Waals surface area contributed by atoms with Gasteiger partial charge in [0.2, 0.25) is 0 Å². The van der Waals surface area contributed by atoms with Gasteiger partial charge in [0.15, 0.2) is 5.75 Å². The largest absolute Gasteiger partial charge is 0.489 e. The lowest BCUT2D eigenvalue weighted by atomic mass is 9.73. The lowest BCUT2D eigenvalue weighted by Gasteiger charge is -2.36. The van der Waals surface area contributed by atoms with E-state index < -0.39 is 5.54 Å². The van der Waals surface area contributed by atoms with Crippen molar-refractivity contribution in [3.05, 3.63) is 28.2 Å². The van der Waals surface area contributed by atoms with Crippen molar-refractivity contribution in [2.75, 3.05) is 13.2 Å². The molecule has 5 nitrogen and oxygen atoms in total. The summed E-state index contributed by atoms with van der Waals surface area (Å²) in [5.41, 5.74) is -0.739. The zero-order chi connectivity index (χ0) is 17.3. The molecule has 0 radical (unpaired) electrons. The number of halogens is 2. The van der Waals surface area contributed by atoms with Crippen molar-refractivity contribution in [3.63, 3.8) is 0 Å². The van der Waals surface area contributed by atoms with Crippen molar-refractivity contribution in [2.45, 2.75) is 38.1 Å². The molecule has 2 fully saturated rings. The number of nitrogens with one attached hydrogen (secondary N) is 1. The van der Waals surface area contributed by atoms with E-state index >= 15 is 0 Å². The molecule has 0 aromatic heterocycles. The van der Waals surface area contributed by atoms with Crippen LogP contribution in [0.15, 0.2) is 18.2 Å². The van der Waals surface area contributed by atoms with Gasteiger partial charge < -0.3 is 10.1 Å². The second-order valence-corrected chi connectivity index (χ2v) is 7.22. The molecule has 1 spiro atoms. The van der Waals surface area contributed by atoms with E-state index in [1.165, 1.54) is 4.90 Å². The maximum Gasteiger partial charge on any atom is 0.325 e. The molecule has 2 atom stereocenters. The Hall–Kier alpha value is -1.46. The highest BCUT2D eigenvalue weighted by molar-refractivity contribution is 6.37. The van der Waals surface area contributed by atoms with E-state index in [4.69, 9.17) is 27.9 Å². The Bertz CT molecular complexity index is 647. The van der Waals surface area contributed by atoms with E-state index in [1.807, 2.05) is 6.92 Å². The van der Waals surface area contributed by atoms with Gasteiger partial charge in [-0.15, -0.1) is 0 Å². The number of para-hydroxylation sites is 1. The van der Waals surface area contributed by atoms with Gasteiger partial charge in [0.25, 0.3) is 5.91 Å². The second-order valence-electron chi connectivity index (χ2n) is 6.40. The van der Waals surface area contributed by atoms with Crippen LogP contribution in [-0.2, 0) is 4.79 Å². The summed E-state index contributed by atoms with van der Waals surface area (Å²) in [6.45, 7) is 2.34. The zero-order valence-corrected chi connectivity index (χ0v) is 15.0. The Kier molecular flexibility index (Phi) is 4.92. The maximum absolute atomic E-state index is 12.8. The summed E-state index contributed by atoms with van der Waals surface area (Å²) in [4.78, 5) is 26.3. The first-order chi connectivity index (χ1) is 11.5. The first-order valence-corrected chi connectivity index (χ1v) is 8.92. The topological polar surface area (TPSA) is 58.6 Å². The third kappa shape index (κ3) is 2.95. The Morgan fingerprint density at radius 1 is 1.29 bits per heavy atom. The van der Waals surface area contributed by atoms with Gasteiger partial charge >= 0.3 is 6.03 Å². The van der Waals surface area contributed by atoms with E-state index in [-0.39, 0.29) is 31.0 Å². The highest BCUT2D eigenvalue weighted by atomic mass is 35.5. The average Bonchev–Trinajstić information content (AvgIpc) is 2.78. The van der Waals surface area contributed by atoms with E-state index in [2.05, 4.69) is 5.32 Å². The van der Waals surface area contributed by atoms with Gasteiger partial charge in [0.05, 0.1) is 16.6 Å². The molecular formula is C17H20Cl2N2O3. The van der Waals surface area contributed by atoms with Crippen LogP contribution in [0.1, 0.15) is 32.6 Å². The normalized spacial score (nSPS) is 26.8. The Morgan fingerprint density at radius 3 is 2.67 bits per heavy atom. The number of carbonyl (C=O) groups is 2. The number of nitrogens with zero attached hydrogens (tertiary/aromatic N) is 1. The molecule has 7 heteroatoms. The van der Waals surface area contributed by atoms with Gasteiger partial charge in [-0.2, -0.15) is 0 Å². The van der Waals surface area contributed by atoms with Gasteiger partial charge in [-0.25, -0.2) is 4.79 Å². The molecule has 1 saturated heterocycles. The third-order valence-corrected chi connectivity index (χ3v) is 5.58. The summed E-state index contributed by atoms with van der Waals surface area (Å²) in [6.07, 6.45) is 3.70. The van der Waals surface area contributed by atoms with Crippen LogP contribution in [0.25, 0.3) is 0 Å². The fourth-order valence-electron chi connectivity index (χ4n) is 3.56. The highest BCUT2D eigenvalue weighted by Crippen LogP contribution is 2.38. The summed E-state index contributed by atoms with van der Waals surface area (Å²) in [7, 11) is 0. The molecule has 130 valence electrons. The highest BCUT2D eigenvalue weighted by Gasteiger charge is 2.54. The number of urea groups is 1. The summed E-state index contributed by atoms with van der Waals surface area (Å²) < 4.78 is 5.59. The lowest BCUT2D eigenvalue weighted by molar-refractivity contribution is -0.134. The molecule has 1 aliphatic carbocycles. The van der Waals surface area contributed by atoms with E-state index in [0.717, 1.165) is 19.3 Å². The number of imide groups is 1. The Labute approximate surface area is 151 Å². The molecule has 3 amide bonds. The number of benzene rings is 1. The minimum Gasteiger partial charge on any atom is -0.489 e. The van der Waals surface area contributed by atoms with Crippen LogP contribution in [0.3, 0.4) is 0 Å². The number of ether oxygens (including phenoxy) is 1. The summed E-state index contributed by atoms with van der Waals surface area (Å²) in [5, 5.41) is 3.72. The van der Waals surface area contributed by atoms with E-state index in [1.54, 1.807) is 18.2 Å². The average molecular weight is 371 g/mol. The van der Waals surface area contributed by atoms with Crippen molar-refractivity contribution >= 4 is 35.1 Å². The van der Waals surface area contributed by atoms with Crippen LogP contribution >= 0.6 is 23.2 Å². The smallest absolute Gasteiger partial charge is 0.325 e. The van der Waals surface area contributed by atoms with Gasteiger partial charge in [0.1, 0.15) is 12.1 Å². The fraction of sp³-hybridized carbons (Fsp3) is 0.529. The van der Waals surface area contributed by atoms with Gasteiger partial charge in [-0.1, -0.05) is 49.0 Å². The van der Waals surface area contributed by atoms with Gasteiger partial charge in [-0.3, -0.25) is 9.69 Å². The van der Waals surface area contributed by atoms with Crippen LogP contribution in [0.5, 0.6) is 5.75 Å². The molecule has 1 saturated carbocycles. The molecular weight excluding hydrogens is 351 g/mol. The van der Waals surface area contributed by atoms with Gasteiger partial charge in [0, 0.05) is 0 Å². The summed E-state index contributed by atoms with van der Waals surface area (Å²) in [6, 6.07) is 4.73. The predicted octanol–water partition coefficient (Wildman–Crippen LogP) is 3.87. The first-order valence-electron chi connectivity index (χ1n) is 8.16. The zero-order valence-electron chi connectivity index (χ0n) is 13.5. The molecule has 3 rings (SSSR count). The monoisotopic (exact) mass is 370 g/mol. The molecule has 2 aliphatic rings. The van der Waals surface area contributed by atoms with Crippen molar-refractivity contribution < 1.29 is 14.3 Å². The third-order valence-electron chi connectivity index (χ3n) is 4.98. The first kappa shape index (κ1) is 17.4. The number of carbonyl (C=O) groups excluding carboxylic acids is 2. The molecule has 24 heavy (non-hydrogen) atoms. The summed E-state index contributed by atoms with van der Waals surface area (Å²) >= 11 is 12.1. The molecule has 1 aromatic rings. The Balaban J connectivity index is 1.66. The number of rotatable bonds is 4. The van der Waals surface area contributed by atoms with Crippen molar-refractivity contribution in [3.8, 4) is 5.75 Å². The van der Waals surface area contributed by atoms with Gasteiger partial charge in [-0.05, 0) is 30.9 Å². The second kappa shape index (κ2) is 6.81. The molecule has 1 aliphatic heterocycles. The van der Waals surface area contributed by atoms with Crippen LogP contribution < -0.4 is 10.1 Å². The lowest BCUT2D eigenvalue weighted by Crippen LogP contribution is -2.54.